The van der Waals surface area contributed by atoms with Crippen LogP contribution in [0.4, 0.5) is 0 Å². The lowest BCUT2D eigenvalue weighted by molar-refractivity contribution is 0.422. The van der Waals surface area contributed by atoms with Crippen molar-refractivity contribution in [1.29, 1.82) is 0 Å². The van der Waals surface area contributed by atoms with E-state index in [1.807, 2.05) is 25.1 Å². The number of nitrogens with zero attached hydrogens (tertiary/aromatic N) is 2. The molecule has 0 amide bonds. The molecule has 0 aliphatic rings. The van der Waals surface area contributed by atoms with Crippen LogP contribution in [-0.4, -0.2) is 10.1 Å². The monoisotopic (exact) mass is 160 g/mol. The topological polar surface area (TPSA) is 38.9 Å². The molecule has 2 heterocycles. The minimum atomic E-state index is 0.848. The Labute approximate surface area is 70.0 Å². The van der Waals surface area contributed by atoms with E-state index in [9.17, 15) is 0 Å². The van der Waals surface area contributed by atoms with Crippen molar-refractivity contribution in [3.05, 3.63) is 36.4 Å². The Kier molecular flexibility index (Phi) is 1.63. The summed E-state index contributed by atoms with van der Waals surface area (Å²) in [4.78, 5) is 4.09. The molecule has 0 atom stereocenters. The first kappa shape index (κ1) is 7.03. The van der Waals surface area contributed by atoms with Gasteiger partial charge in [-0.3, -0.25) is 4.98 Å². The fraction of sp³-hybridized carbons (Fsp3) is 0.111. The SMILES string of the molecule is Cc1cc(-c2ccon2)ccn1. The van der Waals surface area contributed by atoms with Crippen LogP contribution in [-0.2, 0) is 0 Å². The molecule has 0 N–H and O–H groups in total. The van der Waals surface area contributed by atoms with E-state index in [1.54, 1.807) is 12.5 Å². The van der Waals surface area contributed by atoms with Crippen molar-refractivity contribution in [3.8, 4) is 11.3 Å². The summed E-state index contributed by atoms with van der Waals surface area (Å²) < 4.78 is 4.74. The molecule has 0 radical (unpaired) electrons. The Hall–Kier alpha value is -1.64. The van der Waals surface area contributed by atoms with Gasteiger partial charge in [0.25, 0.3) is 0 Å². The molecule has 0 spiro atoms. The summed E-state index contributed by atoms with van der Waals surface area (Å²) in [6, 6.07) is 5.71. The van der Waals surface area contributed by atoms with Crippen molar-refractivity contribution in [3.63, 3.8) is 0 Å². The highest BCUT2D eigenvalue weighted by atomic mass is 16.5. The molecule has 3 nitrogen and oxygen atoms in total. The van der Waals surface area contributed by atoms with Crippen LogP contribution in [0.2, 0.25) is 0 Å². The van der Waals surface area contributed by atoms with E-state index in [2.05, 4.69) is 10.1 Å². The van der Waals surface area contributed by atoms with Gasteiger partial charge in [0.15, 0.2) is 0 Å². The van der Waals surface area contributed by atoms with Gasteiger partial charge in [-0.1, -0.05) is 5.16 Å². The van der Waals surface area contributed by atoms with Crippen LogP contribution < -0.4 is 0 Å². The van der Waals surface area contributed by atoms with E-state index in [1.165, 1.54) is 0 Å². The zero-order chi connectivity index (χ0) is 8.39. The summed E-state index contributed by atoms with van der Waals surface area (Å²) in [6.07, 6.45) is 3.32. The minimum Gasteiger partial charge on any atom is -0.364 e. The smallest absolute Gasteiger partial charge is 0.124 e. The van der Waals surface area contributed by atoms with Gasteiger partial charge in [-0.15, -0.1) is 0 Å². The number of hydrogen-bond acceptors (Lipinski definition) is 3. The first-order valence-electron chi connectivity index (χ1n) is 3.70. The van der Waals surface area contributed by atoms with Crippen molar-refractivity contribution in [1.82, 2.24) is 10.1 Å². The van der Waals surface area contributed by atoms with Gasteiger partial charge in [0.1, 0.15) is 12.0 Å². The van der Waals surface area contributed by atoms with Crippen LogP contribution in [0.5, 0.6) is 0 Å². The summed E-state index contributed by atoms with van der Waals surface area (Å²) in [5, 5.41) is 3.82. The van der Waals surface area contributed by atoms with Crippen molar-refractivity contribution in [2.45, 2.75) is 6.92 Å². The van der Waals surface area contributed by atoms with Gasteiger partial charge in [-0.05, 0) is 19.1 Å². The first-order valence-corrected chi connectivity index (χ1v) is 3.70. The molecule has 0 saturated heterocycles. The standard InChI is InChI=1S/C9H8N2O/c1-7-6-8(2-4-10-7)9-3-5-12-11-9/h2-6H,1H3. The molecule has 3 heteroatoms. The fourth-order valence-electron chi connectivity index (χ4n) is 1.07. The number of aryl methyl sites for hydroxylation is 1. The maximum atomic E-state index is 4.74. The highest BCUT2D eigenvalue weighted by molar-refractivity contribution is 5.57. The molecule has 0 bridgehead atoms. The minimum absolute atomic E-state index is 0.848. The van der Waals surface area contributed by atoms with E-state index < -0.39 is 0 Å². The first-order chi connectivity index (χ1) is 5.86. The van der Waals surface area contributed by atoms with Gasteiger partial charge < -0.3 is 4.52 Å². The molecule has 60 valence electrons. The van der Waals surface area contributed by atoms with Gasteiger partial charge >= 0.3 is 0 Å². The van der Waals surface area contributed by atoms with Crippen LogP contribution in [0.15, 0.2) is 35.2 Å². The predicted molar refractivity (Wildman–Crippen MR) is 44.5 cm³/mol. The van der Waals surface area contributed by atoms with E-state index in [4.69, 9.17) is 4.52 Å². The van der Waals surface area contributed by atoms with Crippen LogP contribution >= 0.6 is 0 Å². The van der Waals surface area contributed by atoms with Gasteiger partial charge in [0, 0.05) is 23.5 Å². The van der Waals surface area contributed by atoms with E-state index in [0.717, 1.165) is 17.0 Å². The Balaban J connectivity index is 2.48. The van der Waals surface area contributed by atoms with Crippen molar-refractivity contribution in [2.24, 2.45) is 0 Å². The normalized spacial score (nSPS) is 10.1. The second-order valence-electron chi connectivity index (χ2n) is 2.57. The fourth-order valence-corrected chi connectivity index (χ4v) is 1.07. The Morgan fingerprint density at radius 3 is 2.92 bits per heavy atom. The second kappa shape index (κ2) is 2.77. The number of aromatic nitrogens is 2. The lowest BCUT2D eigenvalue weighted by Gasteiger charge is -1.95. The predicted octanol–water partition coefficient (Wildman–Crippen LogP) is 2.05. The third kappa shape index (κ3) is 1.21. The molecule has 0 saturated carbocycles. The third-order valence-corrected chi connectivity index (χ3v) is 1.63. The molecule has 0 unspecified atom stereocenters. The van der Waals surface area contributed by atoms with Gasteiger partial charge in [0.05, 0.1) is 0 Å². The molecule has 0 fully saturated rings. The summed E-state index contributed by atoms with van der Waals surface area (Å²) in [6.45, 7) is 1.95. The molecule has 2 aromatic heterocycles. The number of rotatable bonds is 1. The largest absolute Gasteiger partial charge is 0.364 e. The van der Waals surface area contributed by atoms with Gasteiger partial charge in [0.2, 0.25) is 0 Å². The van der Waals surface area contributed by atoms with Crippen LogP contribution in [0.3, 0.4) is 0 Å². The third-order valence-electron chi connectivity index (χ3n) is 1.63. The molecule has 0 aromatic carbocycles. The van der Waals surface area contributed by atoms with E-state index in [-0.39, 0.29) is 0 Å². The molecular weight excluding hydrogens is 152 g/mol. The van der Waals surface area contributed by atoms with Crippen LogP contribution in [0, 0.1) is 6.92 Å². The van der Waals surface area contributed by atoms with Crippen LogP contribution in [0.25, 0.3) is 11.3 Å². The molecular formula is C9H8N2O. The molecule has 2 aromatic rings. The average molecular weight is 160 g/mol. The Morgan fingerprint density at radius 1 is 1.33 bits per heavy atom. The van der Waals surface area contributed by atoms with Crippen molar-refractivity contribution < 1.29 is 4.52 Å². The number of pyridine rings is 1. The summed E-state index contributed by atoms with van der Waals surface area (Å²) >= 11 is 0. The second-order valence-corrected chi connectivity index (χ2v) is 2.57. The zero-order valence-corrected chi connectivity index (χ0v) is 6.69. The Morgan fingerprint density at radius 2 is 2.25 bits per heavy atom. The summed E-state index contributed by atoms with van der Waals surface area (Å²) in [5.74, 6) is 0. The van der Waals surface area contributed by atoms with Crippen molar-refractivity contribution in [2.75, 3.05) is 0 Å². The highest BCUT2D eigenvalue weighted by Gasteiger charge is 1.99. The Bertz CT molecular complexity index is 368. The maximum absolute atomic E-state index is 4.74. The molecule has 0 aliphatic carbocycles. The van der Waals surface area contributed by atoms with E-state index >= 15 is 0 Å². The van der Waals surface area contributed by atoms with E-state index in [0.29, 0.717) is 0 Å². The zero-order valence-electron chi connectivity index (χ0n) is 6.69. The quantitative estimate of drug-likeness (QED) is 0.640. The van der Waals surface area contributed by atoms with Gasteiger partial charge in [-0.2, -0.15) is 0 Å². The summed E-state index contributed by atoms with van der Waals surface area (Å²) in [5.41, 5.74) is 2.87. The lowest BCUT2D eigenvalue weighted by atomic mass is 10.2. The highest BCUT2D eigenvalue weighted by Crippen LogP contribution is 2.15. The molecule has 2 rings (SSSR count). The summed E-state index contributed by atoms with van der Waals surface area (Å²) in [7, 11) is 0. The maximum Gasteiger partial charge on any atom is 0.124 e. The number of hydrogen-bond donors (Lipinski definition) is 0. The molecule has 0 aliphatic heterocycles. The van der Waals surface area contributed by atoms with Crippen molar-refractivity contribution >= 4 is 0 Å². The lowest BCUT2D eigenvalue weighted by Crippen LogP contribution is -1.81. The molecule has 12 heavy (non-hydrogen) atoms. The average Bonchev–Trinajstić information content (AvgIpc) is 2.56. The van der Waals surface area contributed by atoms with Gasteiger partial charge in [-0.25, -0.2) is 0 Å². The van der Waals surface area contributed by atoms with Crippen LogP contribution in [0.1, 0.15) is 5.69 Å².